The lowest BCUT2D eigenvalue weighted by atomic mass is 9.97. The number of benzene rings is 2. The summed E-state index contributed by atoms with van der Waals surface area (Å²) in [5.74, 6) is 0.713. The summed E-state index contributed by atoms with van der Waals surface area (Å²) in [5, 5.41) is 10.2. The van der Waals surface area contributed by atoms with Crippen LogP contribution in [0.4, 0.5) is 20.3 Å². The quantitative estimate of drug-likeness (QED) is 0.298. The van der Waals surface area contributed by atoms with E-state index in [0.29, 0.717) is 17.2 Å². The van der Waals surface area contributed by atoms with Crippen molar-refractivity contribution >= 4 is 34.7 Å². The highest BCUT2D eigenvalue weighted by Gasteiger charge is 2.36. The van der Waals surface area contributed by atoms with E-state index in [1.807, 2.05) is 30.3 Å². The van der Waals surface area contributed by atoms with Crippen LogP contribution in [0.25, 0.3) is 0 Å². The van der Waals surface area contributed by atoms with Crippen molar-refractivity contribution in [1.82, 2.24) is 20.6 Å². The largest absolute Gasteiger partial charge is 0.497 e. The third-order valence-electron chi connectivity index (χ3n) is 5.58. The number of fused-ring (bicyclic) bond motifs is 1. The molecule has 0 radical (unpaired) electrons. The van der Waals surface area contributed by atoms with Gasteiger partial charge in [-0.15, -0.1) is 0 Å². The van der Waals surface area contributed by atoms with E-state index in [4.69, 9.17) is 21.7 Å². The van der Waals surface area contributed by atoms with Crippen molar-refractivity contribution < 1.29 is 23.0 Å². The van der Waals surface area contributed by atoms with Crippen LogP contribution in [0.1, 0.15) is 34.4 Å². The Morgan fingerprint density at radius 2 is 1.94 bits per heavy atom. The van der Waals surface area contributed by atoms with Crippen molar-refractivity contribution in [3.8, 4) is 11.5 Å². The van der Waals surface area contributed by atoms with Gasteiger partial charge in [-0.2, -0.15) is 5.10 Å². The molecule has 0 spiro atoms. The van der Waals surface area contributed by atoms with Gasteiger partial charge in [0, 0.05) is 6.07 Å². The van der Waals surface area contributed by atoms with Gasteiger partial charge >= 0.3 is 0 Å². The zero-order valence-corrected chi connectivity index (χ0v) is 19.7. The van der Waals surface area contributed by atoms with Crippen LogP contribution in [0.2, 0.25) is 0 Å². The second-order valence-corrected chi connectivity index (χ2v) is 8.10. The fourth-order valence-electron chi connectivity index (χ4n) is 3.84. The lowest BCUT2D eigenvalue weighted by molar-refractivity contribution is 0.0656. The Morgan fingerprint density at radius 1 is 1.17 bits per heavy atom. The average Bonchev–Trinajstić information content (AvgIpc) is 3.31. The molecule has 0 saturated carbocycles. The van der Waals surface area contributed by atoms with E-state index in [2.05, 4.69) is 26.6 Å². The van der Waals surface area contributed by atoms with Gasteiger partial charge in [0.2, 0.25) is 0 Å². The van der Waals surface area contributed by atoms with Gasteiger partial charge in [0.05, 0.1) is 32.1 Å². The lowest BCUT2D eigenvalue weighted by Gasteiger charge is -2.32. The number of rotatable bonds is 6. The number of amides is 1. The summed E-state index contributed by atoms with van der Waals surface area (Å²) in [6.07, 6.45) is -1.26. The Kier molecular flexibility index (Phi) is 7.30. The van der Waals surface area contributed by atoms with Gasteiger partial charge in [0.1, 0.15) is 28.9 Å². The standard InChI is InChI=1S/C23H24F2N6O3S/c1-33-14-8-9-16(19(10-14)34-2)28-23(35)30-29-22(32)15-12-26-31-18(20(24)25)11-17(27-21(15)31)13-6-4-3-5-7-13/h3-10,12,17-18,20,27H,11H2,1-2H3,(H,29,32)(H2,28,30,35)/t17-,18-/m1/s1. The van der Waals surface area contributed by atoms with E-state index in [9.17, 15) is 13.6 Å². The van der Waals surface area contributed by atoms with Gasteiger partial charge in [0.15, 0.2) is 5.11 Å². The van der Waals surface area contributed by atoms with Gasteiger partial charge in [-0.05, 0) is 36.3 Å². The minimum atomic E-state index is -2.65. The van der Waals surface area contributed by atoms with Crippen LogP contribution in [0.5, 0.6) is 11.5 Å². The molecule has 0 unspecified atom stereocenters. The smallest absolute Gasteiger partial charge is 0.275 e. The summed E-state index contributed by atoms with van der Waals surface area (Å²) in [5.41, 5.74) is 6.58. The molecule has 0 saturated heterocycles. The first-order valence-electron chi connectivity index (χ1n) is 10.7. The summed E-state index contributed by atoms with van der Waals surface area (Å²) in [4.78, 5) is 12.9. The number of halogens is 2. The van der Waals surface area contributed by atoms with Crippen molar-refractivity contribution in [2.24, 2.45) is 0 Å². The van der Waals surface area contributed by atoms with Gasteiger partial charge in [-0.1, -0.05) is 30.3 Å². The van der Waals surface area contributed by atoms with Gasteiger partial charge in [0.25, 0.3) is 12.3 Å². The fraction of sp³-hybridized carbons (Fsp3) is 0.261. The van der Waals surface area contributed by atoms with E-state index in [0.717, 1.165) is 10.2 Å². The SMILES string of the molecule is COc1ccc(NC(=S)NNC(=O)c2cnn3c2N[C@@H](c2ccccc2)C[C@@H]3C(F)F)c(OC)c1. The molecular weight excluding hydrogens is 478 g/mol. The summed E-state index contributed by atoms with van der Waals surface area (Å²) in [6.45, 7) is 0. The van der Waals surface area contributed by atoms with Crippen molar-refractivity contribution in [3.05, 3.63) is 65.9 Å². The minimum Gasteiger partial charge on any atom is -0.497 e. The minimum absolute atomic E-state index is 0.0865. The highest BCUT2D eigenvalue weighted by molar-refractivity contribution is 7.80. The highest BCUT2D eigenvalue weighted by Crippen LogP contribution is 2.39. The molecule has 35 heavy (non-hydrogen) atoms. The number of nitrogens with one attached hydrogen (secondary N) is 4. The van der Waals surface area contributed by atoms with Crippen molar-refractivity contribution in [3.63, 3.8) is 0 Å². The molecule has 184 valence electrons. The Hall–Kier alpha value is -3.93. The number of hydrazine groups is 1. The van der Waals surface area contributed by atoms with Crippen LogP contribution in [0.3, 0.4) is 0 Å². The molecule has 4 N–H and O–H groups in total. The van der Waals surface area contributed by atoms with Crippen LogP contribution >= 0.6 is 12.2 Å². The normalized spacial score (nSPS) is 16.6. The predicted molar refractivity (Wildman–Crippen MR) is 131 cm³/mol. The summed E-state index contributed by atoms with van der Waals surface area (Å²) < 4.78 is 39.3. The third kappa shape index (κ3) is 5.27. The van der Waals surface area contributed by atoms with Crippen LogP contribution in [0, 0.1) is 0 Å². The molecule has 12 heteroatoms. The molecule has 1 aliphatic rings. The van der Waals surface area contributed by atoms with E-state index in [1.165, 1.54) is 13.3 Å². The maximum atomic E-state index is 13.8. The molecule has 9 nitrogen and oxygen atoms in total. The number of carbonyl (C=O) groups excluding carboxylic acids is 1. The zero-order valence-electron chi connectivity index (χ0n) is 18.9. The number of anilines is 2. The molecular formula is C23H24F2N6O3S. The van der Waals surface area contributed by atoms with E-state index >= 15 is 0 Å². The van der Waals surface area contributed by atoms with E-state index in [1.54, 1.807) is 25.3 Å². The maximum Gasteiger partial charge on any atom is 0.275 e. The molecule has 0 fully saturated rings. The topological polar surface area (TPSA) is 101 Å². The van der Waals surface area contributed by atoms with Crippen LogP contribution in [-0.2, 0) is 0 Å². The number of nitrogens with zero attached hydrogens (tertiary/aromatic N) is 2. The Balaban J connectivity index is 1.46. The third-order valence-corrected chi connectivity index (χ3v) is 5.79. The number of hydrogen-bond acceptors (Lipinski definition) is 6. The highest BCUT2D eigenvalue weighted by atomic mass is 32.1. The first kappa shape index (κ1) is 24.2. The number of ether oxygens (including phenoxy) is 2. The molecule has 3 aromatic rings. The van der Waals surface area contributed by atoms with Crippen molar-refractivity contribution in [2.75, 3.05) is 24.9 Å². The Bertz CT molecular complexity index is 1210. The first-order chi connectivity index (χ1) is 16.9. The number of hydrogen-bond donors (Lipinski definition) is 4. The van der Waals surface area contributed by atoms with Crippen molar-refractivity contribution in [2.45, 2.75) is 24.9 Å². The predicted octanol–water partition coefficient (Wildman–Crippen LogP) is 3.89. The summed E-state index contributed by atoms with van der Waals surface area (Å²) in [7, 11) is 3.04. The molecule has 2 aromatic carbocycles. The average molecular weight is 503 g/mol. The second kappa shape index (κ2) is 10.6. The van der Waals surface area contributed by atoms with Crippen LogP contribution in [-0.4, -0.2) is 41.4 Å². The summed E-state index contributed by atoms with van der Waals surface area (Å²) >= 11 is 5.25. The first-order valence-corrected chi connectivity index (χ1v) is 11.1. The molecule has 0 aliphatic carbocycles. The molecule has 2 heterocycles. The van der Waals surface area contributed by atoms with Crippen molar-refractivity contribution in [1.29, 1.82) is 0 Å². The Labute approximate surface area is 205 Å². The van der Waals surface area contributed by atoms with Crippen LogP contribution in [0.15, 0.2) is 54.7 Å². The molecule has 4 rings (SSSR count). The number of thiocarbonyl (C=S) groups is 1. The summed E-state index contributed by atoms with van der Waals surface area (Å²) in [6, 6.07) is 12.8. The molecule has 2 atom stereocenters. The fourth-order valence-corrected chi connectivity index (χ4v) is 4.00. The number of alkyl halides is 2. The van der Waals surface area contributed by atoms with Gasteiger partial charge in [-0.3, -0.25) is 15.6 Å². The van der Waals surface area contributed by atoms with Crippen LogP contribution < -0.4 is 31.0 Å². The molecule has 1 aliphatic heterocycles. The van der Waals surface area contributed by atoms with E-state index < -0.39 is 24.4 Å². The molecule has 0 bridgehead atoms. The maximum absolute atomic E-state index is 13.8. The zero-order chi connectivity index (χ0) is 24.9. The lowest BCUT2D eigenvalue weighted by Crippen LogP contribution is -2.44. The second-order valence-electron chi connectivity index (χ2n) is 7.70. The van der Waals surface area contributed by atoms with Gasteiger partial charge in [-0.25, -0.2) is 13.5 Å². The monoisotopic (exact) mass is 502 g/mol. The number of carbonyl (C=O) groups is 1. The number of methoxy groups -OCH3 is 2. The van der Waals surface area contributed by atoms with Gasteiger partial charge < -0.3 is 20.1 Å². The molecule has 1 aromatic heterocycles. The Morgan fingerprint density at radius 3 is 2.63 bits per heavy atom. The number of aromatic nitrogens is 2. The molecule has 1 amide bonds. The van der Waals surface area contributed by atoms with E-state index in [-0.39, 0.29) is 22.9 Å².